The number of ether oxygens (including phenoxy) is 1. The van der Waals surface area contributed by atoms with E-state index in [2.05, 4.69) is 11.4 Å². The number of nitrogens with zero attached hydrogens (tertiary/aromatic N) is 1. The largest absolute Gasteiger partial charge is 0.495 e. The van der Waals surface area contributed by atoms with Crippen molar-refractivity contribution in [3.8, 4) is 5.75 Å². The van der Waals surface area contributed by atoms with Gasteiger partial charge in [-0.3, -0.25) is 0 Å². The number of amides is 2. The lowest BCUT2D eigenvalue weighted by atomic mass is 10.1. The van der Waals surface area contributed by atoms with Gasteiger partial charge in [-0.15, -0.1) is 0 Å². The highest BCUT2D eigenvalue weighted by atomic mass is 16.5. The maximum atomic E-state index is 12.2. The molecular formula is C15H22N2O2. The van der Waals surface area contributed by atoms with Crippen LogP contribution < -0.4 is 10.1 Å². The Kier molecular flexibility index (Phi) is 3.98. The van der Waals surface area contributed by atoms with Gasteiger partial charge in [0.2, 0.25) is 0 Å². The SMILES string of the molecule is COc1ccc2c(c1NC(=O)N(C)C(C)C)CCC2. The molecule has 0 aromatic heterocycles. The maximum Gasteiger partial charge on any atom is 0.321 e. The summed E-state index contributed by atoms with van der Waals surface area (Å²) in [6.07, 6.45) is 3.24. The van der Waals surface area contributed by atoms with Gasteiger partial charge in [-0.25, -0.2) is 4.79 Å². The normalized spacial score (nSPS) is 13.3. The molecule has 4 nitrogen and oxygen atoms in total. The van der Waals surface area contributed by atoms with Crippen molar-refractivity contribution in [3.63, 3.8) is 0 Å². The molecule has 0 saturated heterocycles. The summed E-state index contributed by atoms with van der Waals surface area (Å²) < 4.78 is 5.38. The van der Waals surface area contributed by atoms with Crippen molar-refractivity contribution in [2.45, 2.75) is 39.2 Å². The summed E-state index contributed by atoms with van der Waals surface area (Å²) in [5.41, 5.74) is 3.39. The summed E-state index contributed by atoms with van der Waals surface area (Å²) in [6, 6.07) is 4.12. The van der Waals surface area contributed by atoms with Crippen LogP contribution in [0.5, 0.6) is 5.75 Å². The van der Waals surface area contributed by atoms with Crippen molar-refractivity contribution in [3.05, 3.63) is 23.3 Å². The number of fused-ring (bicyclic) bond motifs is 1. The smallest absolute Gasteiger partial charge is 0.321 e. The Labute approximate surface area is 114 Å². The quantitative estimate of drug-likeness (QED) is 0.909. The Bertz CT molecular complexity index is 483. The highest BCUT2D eigenvalue weighted by Crippen LogP contribution is 2.36. The standard InChI is InChI=1S/C15H22N2O2/c1-10(2)17(3)15(18)16-14-12-7-5-6-11(12)8-9-13(14)19-4/h8-10H,5-7H2,1-4H3,(H,16,18). The van der Waals surface area contributed by atoms with E-state index in [9.17, 15) is 4.79 Å². The first-order chi connectivity index (χ1) is 9.04. The molecular weight excluding hydrogens is 240 g/mol. The molecule has 0 fully saturated rings. The number of hydrogen-bond donors (Lipinski definition) is 1. The van der Waals surface area contributed by atoms with Crippen molar-refractivity contribution < 1.29 is 9.53 Å². The number of nitrogens with one attached hydrogen (secondary N) is 1. The van der Waals surface area contributed by atoms with Crippen LogP contribution in [0.15, 0.2) is 12.1 Å². The number of carbonyl (C=O) groups is 1. The van der Waals surface area contributed by atoms with E-state index in [1.54, 1.807) is 19.1 Å². The molecule has 0 heterocycles. The topological polar surface area (TPSA) is 41.6 Å². The summed E-state index contributed by atoms with van der Waals surface area (Å²) in [5.74, 6) is 0.742. The molecule has 4 heteroatoms. The summed E-state index contributed by atoms with van der Waals surface area (Å²) >= 11 is 0. The van der Waals surface area contributed by atoms with Crippen LogP contribution in [-0.4, -0.2) is 31.1 Å². The summed E-state index contributed by atoms with van der Waals surface area (Å²) in [7, 11) is 3.44. The molecule has 0 spiro atoms. The highest BCUT2D eigenvalue weighted by molar-refractivity contribution is 5.92. The molecule has 0 atom stereocenters. The molecule has 0 bridgehead atoms. The van der Waals surface area contributed by atoms with Gasteiger partial charge in [-0.05, 0) is 50.3 Å². The first-order valence-corrected chi connectivity index (χ1v) is 6.77. The molecule has 1 aliphatic carbocycles. The molecule has 1 N–H and O–H groups in total. The highest BCUT2D eigenvalue weighted by Gasteiger charge is 2.21. The van der Waals surface area contributed by atoms with Crippen LogP contribution in [0.2, 0.25) is 0 Å². The summed E-state index contributed by atoms with van der Waals surface area (Å²) in [5, 5.41) is 3.00. The zero-order valence-electron chi connectivity index (χ0n) is 12.1. The minimum Gasteiger partial charge on any atom is -0.495 e. The number of urea groups is 1. The minimum absolute atomic E-state index is 0.0893. The van der Waals surface area contributed by atoms with Gasteiger partial charge in [0.05, 0.1) is 12.8 Å². The lowest BCUT2D eigenvalue weighted by Crippen LogP contribution is -2.36. The predicted molar refractivity (Wildman–Crippen MR) is 76.9 cm³/mol. The average Bonchev–Trinajstić information content (AvgIpc) is 2.86. The number of rotatable bonds is 3. The van der Waals surface area contributed by atoms with Gasteiger partial charge in [0.25, 0.3) is 0 Å². The molecule has 1 aromatic carbocycles. The third-order valence-corrected chi connectivity index (χ3v) is 3.79. The average molecular weight is 262 g/mol. The molecule has 19 heavy (non-hydrogen) atoms. The molecule has 0 aliphatic heterocycles. The minimum atomic E-state index is -0.0893. The van der Waals surface area contributed by atoms with Gasteiger partial charge in [0.15, 0.2) is 0 Å². The third-order valence-electron chi connectivity index (χ3n) is 3.79. The first-order valence-electron chi connectivity index (χ1n) is 6.77. The van der Waals surface area contributed by atoms with Crippen molar-refractivity contribution in [2.24, 2.45) is 0 Å². The van der Waals surface area contributed by atoms with Crippen molar-refractivity contribution in [2.75, 3.05) is 19.5 Å². The van der Waals surface area contributed by atoms with E-state index in [0.29, 0.717) is 0 Å². The van der Waals surface area contributed by atoms with Crippen molar-refractivity contribution in [1.82, 2.24) is 4.90 Å². The molecule has 2 rings (SSSR count). The predicted octanol–water partition coefficient (Wildman–Crippen LogP) is 3.06. The van der Waals surface area contributed by atoms with Gasteiger partial charge < -0.3 is 15.0 Å². The molecule has 1 aromatic rings. The molecule has 0 saturated carbocycles. The van der Waals surface area contributed by atoms with Crippen LogP contribution in [0.25, 0.3) is 0 Å². The van der Waals surface area contributed by atoms with E-state index in [-0.39, 0.29) is 12.1 Å². The molecule has 1 aliphatic rings. The van der Waals surface area contributed by atoms with E-state index < -0.39 is 0 Å². The van der Waals surface area contributed by atoms with Gasteiger partial charge in [-0.2, -0.15) is 0 Å². The van der Waals surface area contributed by atoms with E-state index in [0.717, 1.165) is 30.7 Å². The zero-order chi connectivity index (χ0) is 14.0. The second kappa shape index (κ2) is 5.51. The second-order valence-corrected chi connectivity index (χ2v) is 5.27. The molecule has 0 unspecified atom stereocenters. The number of hydrogen-bond acceptors (Lipinski definition) is 2. The Hall–Kier alpha value is -1.71. The number of anilines is 1. The van der Waals surface area contributed by atoms with Crippen LogP contribution >= 0.6 is 0 Å². The fourth-order valence-corrected chi connectivity index (χ4v) is 2.38. The first kappa shape index (κ1) is 13.7. The second-order valence-electron chi connectivity index (χ2n) is 5.27. The Morgan fingerprint density at radius 2 is 2.11 bits per heavy atom. The Balaban J connectivity index is 2.29. The Morgan fingerprint density at radius 3 is 2.74 bits per heavy atom. The van der Waals surface area contributed by atoms with Crippen LogP contribution in [0, 0.1) is 0 Å². The van der Waals surface area contributed by atoms with E-state index in [4.69, 9.17) is 4.74 Å². The van der Waals surface area contributed by atoms with Gasteiger partial charge in [0, 0.05) is 13.1 Å². The van der Waals surface area contributed by atoms with Gasteiger partial charge in [-0.1, -0.05) is 6.07 Å². The lowest BCUT2D eigenvalue weighted by molar-refractivity contribution is 0.211. The van der Waals surface area contributed by atoms with Crippen LogP contribution in [0.4, 0.5) is 10.5 Å². The fraction of sp³-hybridized carbons (Fsp3) is 0.533. The fourth-order valence-electron chi connectivity index (χ4n) is 2.38. The van der Waals surface area contributed by atoms with Crippen molar-refractivity contribution >= 4 is 11.7 Å². The van der Waals surface area contributed by atoms with Crippen LogP contribution in [0.3, 0.4) is 0 Å². The lowest BCUT2D eigenvalue weighted by Gasteiger charge is -2.23. The maximum absolute atomic E-state index is 12.2. The number of aryl methyl sites for hydroxylation is 1. The number of benzene rings is 1. The van der Waals surface area contributed by atoms with Crippen LogP contribution in [0.1, 0.15) is 31.4 Å². The zero-order valence-corrected chi connectivity index (χ0v) is 12.1. The third kappa shape index (κ3) is 2.67. The Morgan fingerprint density at radius 1 is 1.37 bits per heavy atom. The van der Waals surface area contributed by atoms with E-state index in [1.165, 1.54) is 11.1 Å². The molecule has 104 valence electrons. The number of carbonyl (C=O) groups excluding carboxylic acids is 1. The van der Waals surface area contributed by atoms with Gasteiger partial charge >= 0.3 is 6.03 Å². The van der Waals surface area contributed by atoms with E-state index in [1.807, 2.05) is 19.9 Å². The van der Waals surface area contributed by atoms with E-state index >= 15 is 0 Å². The molecule has 0 radical (unpaired) electrons. The van der Waals surface area contributed by atoms with Gasteiger partial charge in [0.1, 0.15) is 5.75 Å². The monoisotopic (exact) mass is 262 g/mol. The summed E-state index contributed by atoms with van der Waals surface area (Å²) in [4.78, 5) is 13.9. The summed E-state index contributed by atoms with van der Waals surface area (Å²) in [6.45, 7) is 3.98. The molecule has 2 amide bonds. The van der Waals surface area contributed by atoms with Crippen LogP contribution in [-0.2, 0) is 12.8 Å². The number of methoxy groups -OCH3 is 1. The van der Waals surface area contributed by atoms with Crippen molar-refractivity contribution in [1.29, 1.82) is 0 Å².